The molecule has 0 radical (unpaired) electrons. The Balaban J connectivity index is 1.62. The van der Waals surface area contributed by atoms with E-state index in [0.29, 0.717) is 19.4 Å². The highest BCUT2D eigenvalue weighted by atomic mass is 16.6. The van der Waals surface area contributed by atoms with Crippen molar-refractivity contribution >= 4 is 28.6 Å². The largest absolute Gasteiger partial charge is 0.458 e. The normalized spacial score (nSPS) is 12.8. The van der Waals surface area contributed by atoms with E-state index in [9.17, 15) is 19.5 Å². The van der Waals surface area contributed by atoms with Crippen molar-refractivity contribution in [2.24, 2.45) is 0 Å². The van der Waals surface area contributed by atoms with Gasteiger partial charge in [0, 0.05) is 27.2 Å². The lowest BCUT2D eigenvalue weighted by molar-refractivity contribution is -0.179. The molecule has 0 heterocycles. The van der Waals surface area contributed by atoms with Gasteiger partial charge in [-0.1, -0.05) is 73.5 Å². The Labute approximate surface area is 287 Å². The molecule has 0 saturated heterocycles. The minimum atomic E-state index is -1.82. The van der Waals surface area contributed by atoms with Crippen molar-refractivity contribution in [3.8, 4) is 0 Å². The number of nitrogens with zero attached hydrogens (tertiary/aromatic N) is 2. The molecule has 0 bridgehead atoms. The SMILES string of the molecule is Cc1ccc(CCCCCO[C@@H](C(=O)N(CCCCCc2ccc3ccccc3c2)CC(=O)N(C)C)[C@@H](O)C(=O)OC(C)(C)C)cc1C. The van der Waals surface area contributed by atoms with Crippen LogP contribution in [0.25, 0.3) is 10.8 Å². The lowest BCUT2D eigenvalue weighted by atomic mass is 10.0. The molecule has 48 heavy (non-hydrogen) atoms. The molecule has 0 saturated carbocycles. The molecule has 3 aromatic rings. The lowest BCUT2D eigenvalue weighted by Crippen LogP contribution is -2.52. The van der Waals surface area contributed by atoms with E-state index in [4.69, 9.17) is 9.47 Å². The van der Waals surface area contributed by atoms with E-state index in [0.717, 1.165) is 38.5 Å². The summed E-state index contributed by atoms with van der Waals surface area (Å²) in [5, 5.41) is 13.5. The maximum atomic E-state index is 13.9. The zero-order valence-corrected chi connectivity index (χ0v) is 30.1. The molecule has 0 aromatic heterocycles. The predicted octanol–water partition coefficient (Wildman–Crippen LogP) is 6.59. The van der Waals surface area contributed by atoms with Gasteiger partial charge in [0.2, 0.25) is 5.91 Å². The highest BCUT2D eigenvalue weighted by Crippen LogP contribution is 2.19. The Morgan fingerprint density at radius 3 is 2.04 bits per heavy atom. The van der Waals surface area contributed by atoms with Crippen LogP contribution in [-0.2, 0) is 36.7 Å². The van der Waals surface area contributed by atoms with Crippen LogP contribution >= 0.6 is 0 Å². The zero-order valence-electron chi connectivity index (χ0n) is 30.1. The van der Waals surface area contributed by atoms with E-state index in [1.165, 1.54) is 42.8 Å². The van der Waals surface area contributed by atoms with Gasteiger partial charge in [0.05, 0.1) is 6.54 Å². The number of hydrogen-bond donors (Lipinski definition) is 1. The van der Waals surface area contributed by atoms with Gasteiger partial charge in [0.15, 0.2) is 12.2 Å². The minimum Gasteiger partial charge on any atom is -0.458 e. The number of aliphatic hydroxyl groups is 1. The molecule has 0 aliphatic carbocycles. The first-order chi connectivity index (χ1) is 22.7. The summed E-state index contributed by atoms with van der Waals surface area (Å²) in [6, 6.07) is 21.3. The number of rotatable bonds is 18. The summed E-state index contributed by atoms with van der Waals surface area (Å²) in [7, 11) is 3.27. The molecule has 0 unspecified atom stereocenters. The molecule has 3 aromatic carbocycles. The van der Waals surface area contributed by atoms with E-state index < -0.39 is 29.7 Å². The van der Waals surface area contributed by atoms with E-state index in [1.54, 1.807) is 34.9 Å². The maximum Gasteiger partial charge on any atom is 0.338 e. The van der Waals surface area contributed by atoms with Gasteiger partial charge in [-0.25, -0.2) is 4.79 Å². The molecule has 3 rings (SSSR count). The number of aliphatic hydroxyl groups excluding tert-OH is 1. The molecule has 2 amide bonds. The number of carbonyl (C=O) groups excluding carboxylic acids is 3. The van der Waals surface area contributed by atoms with Crippen LogP contribution in [0.3, 0.4) is 0 Å². The first-order valence-electron chi connectivity index (χ1n) is 17.3. The smallest absolute Gasteiger partial charge is 0.338 e. The maximum absolute atomic E-state index is 13.9. The van der Waals surface area contributed by atoms with Gasteiger partial charge < -0.3 is 24.4 Å². The average Bonchev–Trinajstić information content (AvgIpc) is 3.03. The first kappa shape index (κ1) is 38.7. The molecule has 1 N–H and O–H groups in total. The number of fused-ring (bicyclic) bond motifs is 1. The molecular formula is C40H56N2O6. The van der Waals surface area contributed by atoms with E-state index >= 15 is 0 Å². The third kappa shape index (κ3) is 12.7. The number of unbranched alkanes of at least 4 members (excludes halogenated alkanes) is 4. The molecule has 262 valence electrons. The number of amides is 2. The van der Waals surface area contributed by atoms with Crippen LogP contribution in [0.4, 0.5) is 0 Å². The van der Waals surface area contributed by atoms with Gasteiger partial charge in [0.25, 0.3) is 5.91 Å². The molecule has 8 heteroatoms. The molecule has 0 fully saturated rings. The number of hydrogen-bond acceptors (Lipinski definition) is 6. The number of benzene rings is 3. The van der Waals surface area contributed by atoms with Crippen LogP contribution in [0.5, 0.6) is 0 Å². The van der Waals surface area contributed by atoms with Crippen LogP contribution in [-0.4, -0.2) is 84.3 Å². The Morgan fingerprint density at radius 2 is 1.40 bits per heavy atom. The highest BCUT2D eigenvalue weighted by molar-refractivity contribution is 5.91. The average molecular weight is 661 g/mol. The summed E-state index contributed by atoms with van der Waals surface area (Å²) in [5.74, 6) is -1.77. The second-order valence-corrected chi connectivity index (χ2v) is 14.0. The van der Waals surface area contributed by atoms with E-state index in [2.05, 4.69) is 62.4 Å². The second kappa shape index (κ2) is 18.7. The first-order valence-corrected chi connectivity index (χ1v) is 17.3. The van der Waals surface area contributed by atoms with Crippen molar-refractivity contribution in [1.82, 2.24) is 9.80 Å². The standard InChI is InChI=1S/C40H56N2O6/c1-29-20-21-31(26-30(29)2)16-11-9-15-25-47-37(36(44)39(46)48-40(3,4)5)38(45)42(28-35(43)41(6)7)24-14-8-10-17-32-22-23-33-18-12-13-19-34(33)27-32/h12-13,18-23,26-27,36-37,44H,8-11,14-17,24-25,28H2,1-7H3/t36-,37-/m1/s1. The van der Waals surface area contributed by atoms with Gasteiger partial charge >= 0.3 is 5.97 Å². The Hall–Kier alpha value is -3.75. The molecule has 8 nitrogen and oxygen atoms in total. The molecule has 2 atom stereocenters. The third-order valence-corrected chi connectivity index (χ3v) is 8.50. The Kier molecular flexibility index (Phi) is 15.1. The zero-order chi connectivity index (χ0) is 35.3. The summed E-state index contributed by atoms with van der Waals surface area (Å²) in [4.78, 5) is 42.5. The molecule has 0 spiro atoms. The van der Waals surface area contributed by atoms with Gasteiger partial charge in [-0.15, -0.1) is 0 Å². The molecule has 0 aliphatic rings. The lowest BCUT2D eigenvalue weighted by Gasteiger charge is -2.31. The fraction of sp³-hybridized carbons (Fsp3) is 0.525. The van der Waals surface area contributed by atoms with Crippen LogP contribution < -0.4 is 0 Å². The van der Waals surface area contributed by atoms with Gasteiger partial charge in [-0.3, -0.25) is 9.59 Å². The summed E-state index contributed by atoms with van der Waals surface area (Å²) in [5.41, 5.74) is 4.23. The third-order valence-electron chi connectivity index (χ3n) is 8.50. The number of aryl methyl sites for hydroxylation is 4. The number of esters is 1. The van der Waals surface area contributed by atoms with Crippen LogP contribution in [0.2, 0.25) is 0 Å². The fourth-order valence-corrected chi connectivity index (χ4v) is 5.52. The predicted molar refractivity (Wildman–Crippen MR) is 192 cm³/mol. The van der Waals surface area contributed by atoms with Crippen molar-refractivity contribution in [3.63, 3.8) is 0 Å². The van der Waals surface area contributed by atoms with Crippen LogP contribution in [0.1, 0.15) is 81.5 Å². The number of ether oxygens (including phenoxy) is 2. The van der Waals surface area contributed by atoms with Crippen LogP contribution in [0.15, 0.2) is 60.7 Å². The molecule has 0 aliphatic heterocycles. The van der Waals surface area contributed by atoms with Crippen molar-refractivity contribution in [3.05, 3.63) is 82.9 Å². The van der Waals surface area contributed by atoms with Crippen molar-refractivity contribution in [2.75, 3.05) is 33.8 Å². The quantitative estimate of drug-likeness (QED) is 0.122. The second-order valence-electron chi connectivity index (χ2n) is 14.0. The monoisotopic (exact) mass is 660 g/mol. The summed E-state index contributed by atoms with van der Waals surface area (Å²) in [6.07, 6.45) is 3.42. The highest BCUT2D eigenvalue weighted by Gasteiger charge is 2.39. The fourth-order valence-electron chi connectivity index (χ4n) is 5.52. The van der Waals surface area contributed by atoms with E-state index in [-0.39, 0.29) is 19.1 Å². The summed E-state index contributed by atoms with van der Waals surface area (Å²) in [6.45, 7) is 9.62. The number of carbonyl (C=O) groups is 3. The van der Waals surface area contributed by atoms with Gasteiger partial charge in [0.1, 0.15) is 5.60 Å². The van der Waals surface area contributed by atoms with E-state index in [1.807, 2.05) is 12.1 Å². The van der Waals surface area contributed by atoms with Gasteiger partial charge in [-0.2, -0.15) is 0 Å². The van der Waals surface area contributed by atoms with Crippen molar-refractivity contribution in [2.45, 2.75) is 104 Å². The topological polar surface area (TPSA) is 96.4 Å². The minimum absolute atomic E-state index is 0.173. The Morgan fingerprint density at radius 1 is 0.771 bits per heavy atom. The van der Waals surface area contributed by atoms with Crippen LogP contribution in [0, 0.1) is 13.8 Å². The Bertz CT molecular complexity index is 1490. The van der Waals surface area contributed by atoms with Crippen molar-refractivity contribution in [1.29, 1.82) is 0 Å². The summed E-state index contributed by atoms with van der Waals surface area (Å²) >= 11 is 0. The van der Waals surface area contributed by atoms with Crippen molar-refractivity contribution < 1.29 is 29.0 Å². The van der Waals surface area contributed by atoms with Gasteiger partial charge in [-0.05, 0) is 106 Å². The number of likely N-dealkylation sites (N-methyl/N-ethyl adjacent to an activating group) is 1. The summed E-state index contributed by atoms with van der Waals surface area (Å²) < 4.78 is 11.4. The molecular weight excluding hydrogens is 604 g/mol.